The van der Waals surface area contributed by atoms with Crippen LogP contribution in [0.15, 0.2) is 26.9 Å². The van der Waals surface area contributed by atoms with Gasteiger partial charge in [0.15, 0.2) is 0 Å². The molecule has 0 radical (unpaired) electrons. The van der Waals surface area contributed by atoms with Crippen molar-refractivity contribution in [3.63, 3.8) is 0 Å². The molecule has 2 aromatic heterocycles. The van der Waals surface area contributed by atoms with E-state index in [1.54, 1.807) is 20.8 Å². The molecule has 0 fully saturated rings. The Bertz CT molecular complexity index is 1340. The Kier molecular flexibility index (Phi) is 6.94. The van der Waals surface area contributed by atoms with E-state index >= 15 is 0 Å². The second-order valence-corrected chi connectivity index (χ2v) is 10.2. The second kappa shape index (κ2) is 9.36. The van der Waals surface area contributed by atoms with Gasteiger partial charge in [0, 0.05) is 11.3 Å². The van der Waals surface area contributed by atoms with Gasteiger partial charge in [-0.2, -0.15) is 0 Å². The first-order chi connectivity index (χ1) is 15.5. The van der Waals surface area contributed by atoms with E-state index in [0.717, 1.165) is 33.6 Å². The number of esters is 1. The Morgan fingerprint density at radius 1 is 1.12 bits per heavy atom. The summed E-state index contributed by atoms with van der Waals surface area (Å²) >= 11 is 1.01. The highest BCUT2D eigenvalue weighted by Gasteiger charge is 2.27. The van der Waals surface area contributed by atoms with E-state index in [4.69, 9.17) is 9.26 Å². The Morgan fingerprint density at radius 2 is 1.82 bits per heavy atom. The summed E-state index contributed by atoms with van der Waals surface area (Å²) in [5.41, 5.74) is 4.80. The van der Waals surface area contributed by atoms with Gasteiger partial charge in [-0.15, -0.1) is 11.3 Å². The van der Waals surface area contributed by atoms with Gasteiger partial charge in [-0.1, -0.05) is 11.2 Å². The third-order valence-electron chi connectivity index (χ3n) is 5.43. The molecule has 0 spiro atoms. The number of nitrogens with zero attached hydrogens (tertiary/aromatic N) is 1. The average Bonchev–Trinajstić information content (AvgIpc) is 3.37. The summed E-state index contributed by atoms with van der Waals surface area (Å²) in [4.78, 5) is 24.8. The van der Waals surface area contributed by atoms with E-state index in [1.807, 2.05) is 19.9 Å². The van der Waals surface area contributed by atoms with E-state index in [-0.39, 0.29) is 22.1 Å². The van der Waals surface area contributed by atoms with E-state index in [9.17, 15) is 18.0 Å². The van der Waals surface area contributed by atoms with E-state index in [2.05, 4.69) is 15.2 Å². The lowest BCUT2D eigenvalue weighted by Gasteiger charge is -2.18. The number of rotatable bonds is 7. The summed E-state index contributed by atoms with van der Waals surface area (Å²) in [5.74, 6) is -0.962. The number of aryl methyl sites for hydroxylation is 3. The van der Waals surface area contributed by atoms with Crippen molar-refractivity contribution in [2.75, 3.05) is 17.1 Å². The van der Waals surface area contributed by atoms with Crippen LogP contribution in [0, 0.1) is 34.6 Å². The van der Waals surface area contributed by atoms with Crippen molar-refractivity contribution in [2.45, 2.75) is 45.9 Å². The summed E-state index contributed by atoms with van der Waals surface area (Å²) in [6.07, 6.45) is 0.0653. The largest absolute Gasteiger partial charge is 0.469 e. The third-order valence-corrected chi connectivity index (χ3v) is 7.84. The first kappa shape index (κ1) is 24.5. The van der Waals surface area contributed by atoms with Crippen LogP contribution in [0.25, 0.3) is 0 Å². The lowest BCUT2D eigenvalue weighted by atomic mass is 9.95. The number of nitrogens with one attached hydrogen (secondary N) is 2. The molecular formula is C22H25N3O6S2. The van der Waals surface area contributed by atoms with Crippen molar-refractivity contribution in [1.29, 1.82) is 0 Å². The van der Waals surface area contributed by atoms with Crippen LogP contribution in [0.2, 0.25) is 0 Å². The van der Waals surface area contributed by atoms with Crippen LogP contribution in [-0.4, -0.2) is 32.6 Å². The van der Waals surface area contributed by atoms with E-state index in [1.165, 1.54) is 18.6 Å². The molecule has 0 unspecified atom stereocenters. The van der Waals surface area contributed by atoms with Crippen LogP contribution in [0.3, 0.4) is 0 Å². The maximum absolute atomic E-state index is 13.1. The molecule has 11 heteroatoms. The Balaban J connectivity index is 1.93. The average molecular weight is 492 g/mol. The molecule has 176 valence electrons. The monoisotopic (exact) mass is 491 g/mol. The van der Waals surface area contributed by atoms with Crippen molar-refractivity contribution in [1.82, 2.24) is 5.16 Å². The summed E-state index contributed by atoms with van der Waals surface area (Å²) < 4.78 is 38.1. The fourth-order valence-corrected chi connectivity index (χ4v) is 5.81. The number of thiophene rings is 1. The molecule has 3 rings (SSSR count). The SMILES string of the molecule is COC(=O)Cc1c(C)cc(C)c(NC(=O)c2sccc2S(=O)(=O)Nc2onc(C)c2C)c1C. The molecule has 0 atom stereocenters. The predicted octanol–water partition coefficient (Wildman–Crippen LogP) is 4.05. The minimum Gasteiger partial charge on any atom is -0.469 e. The second-order valence-electron chi connectivity index (χ2n) is 7.64. The number of carbonyl (C=O) groups excluding carboxylic acids is 2. The molecular weight excluding hydrogens is 466 g/mol. The number of hydrogen-bond donors (Lipinski definition) is 2. The molecule has 1 amide bonds. The van der Waals surface area contributed by atoms with Crippen LogP contribution in [-0.2, 0) is 26.0 Å². The number of ether oxygens (including phenoxy) is 1. The van der Waals surface area contributed by atoms with Crippen LogP contribution in [0.5, 0.6) is 0 Å². The van der Waals surface area contributed by atoms with Gasteiger partial charge < -0.3 is 14.6 Å². The number of aromatic nitrogens is 1. The Morgan fingerprint density at radius 3 is 2.42 bits per heavy atom. The number of sulfonamides is 1. The maximum atomic E-state index is 13.1. The molecule has 2 N–H and O–H groups in total. The predicted molar refractivity (Wildman–Crippen MR) is 125 cm³/mol. The number of methoxy groups -OCH3 is 1. The molecule has 0 saturated heterocycles. The van der Waals surface area contributed by atoms with Crippen molar-refractivity contribution in [3.8, 4) is 0 Å². The molecule has 1 aromatic carbocycles. The van der Waals surface area contributed by atoms with Crippen LogP contribution >= 0.6 is 11.3 Å². The summed E-state index contributed by atoms with van der Waals surface area (Å²) in [6.45, 7) is 8.89. The number of hydrogen-bond acceptors (Lipinski definition) is 8. The zero-order valence-corrected chi connectivity index (χ0v) is 20.8. The maximum Gasteiger partial charge on any atom is 0.309 e. The summed E-state index contributed by atoms with van der Waals surface area (Å²) in [7, 11) is -2.78. The van der Waals surface area contributed by atoms with Crippen LogP contribution in [0.4, 0.5) is 11.6 Å². The van der Waals surface area contributed by atoms with Gasteiger partial charge in [0.1, 0.15) is 9.77 Å². The number of anilines is 2. The molecule has 0 aliphatic carbocycles. The minimum atomic E-state index is -4.10. The molecule has 33 heavy (non-hydrogen) atoms. The molecule has 0 aliphatic rings. The molecule has 0 saturated carbocycles. The van der Waals surface area contributed by atoms with Gasteiger partial charge in [0.25, 0.3) is 15.9 Å². The van der Waals surface area contributed by atoms with Crippen molar-refractivity contribution < 1.29 is 27.3 Å². The number of carbonyl (C=O) groups is 2. The molecule has 2 heterocycles. The van der Waals surface area contributed by atoms with Crippen molar-refractivity contribution in [3.05, 3.63) is 55.9 Å². The lowest BCUT2D eigenvalue weighted by molar-refractivity contribution is -0.139. The quantitative estimate of drug-likeness (QED) is 0.477. The highest BCUT2D eigenvalue weighted by Crippen LogP contribution is 2.31. The Hall–Kier alpha value is -3.18. The van der Waals surface area contributed by atoms with Crippen molar-refractivity contribution >= 4 is 44.8 Å². The fourth-order valence-electron chi connectivity index (χ4n) is 3.44. The molecule has 3 aromatic rings. The normalized spacial score (nSPS) is 11.3. The Labute approximate surface area is 196 Å². The standard InChI is InChI=1S/C22H25N3O6S2/c1-11-9-12(2)19(14(4)16(11)10-18(26)30-6)23-21(27)20-17(7-8-32-20)33(28,29)25-22-13(3)15(5)24-31-22/h7-9,25H,10H2,1-6H3,(H,23,27). The smallest absolute Gasteiger partial charge is 0.309 e. The zero-order valence-electron chi connectivity index (χ0n) is 19.2. The third kappa shape index (κ3) is 4.93. The first-order valence-corrected chi connectivity index (χ1v) is 12.3. The van der Waals surface area contributed by atoms with Gasteiger partial charge in [0.05, 0.1) is 19.2 Å². The van der Waals surface area contributed by atoms with Gasteiger partial charge in [-0.05, 0) is 68.3 Å². The van der Waals surface area contributed by atoms with Gasteiger partial charge in [-0.3, -0.25) is 9.59 Å². The lowest BCUT2D eigenvalue weighted by Crippen LogP contribution is -2.20. The van der Waals surface area contributed by atoms with Gasteiger partial charge in [0.2, 0.25) is 5.88 Å². The highest BCUT2D eigenvalue weighted by molar-refractivity contribution is 7.93. The zero-order chi connectivity index (χ0) is 24.5. The topological polar surface area (TPSA) is 128 Å². The summed E-state index contributed by atoms with van der Waals surface area (Å²) in [5, 5.41) is 8.10. The van der Waals surface area contributed by atoms with Crippen LogP contribution < -0.4 is 10.0 Å². The fraction of sp³-hybridized carbons (Fsp3) is 0.318. The van der Waals surface area contributed by atoms with E-state index < -0.39 is 21.9 Å². The van der Waals surface area contributed by atoms with Gasteiger partial charge in [-0.25, -0.2) is 13.1 Å². The molecule has 0 bridgehead atoms. The van der Waals surface area contributed by atoms with Crippen molar-refractivity contribution in [2.24, 2.45) is 0 Å². The molecule has 9 nitrogen and oxygen atoms in total. The van der Waals surface area contributed by atoms with E-state index in [0.29, 0.717) is 16.9 Å². The van der Waals surface area contributed by atoms with Crippen LogP contribution in [0.1, 0.15) is 43.2 Å². The van der Waals surface area contributed by atoms with Gasteiger partial charge >= 0.3 is 5.97 Å². The molecule has 0 aliphatic heterocycles. The first-order valence-electron chi connectivity index (χ1n) is 9.97. The number of amides is 1. The highest BCUT2D eigenvalue weighted by atomic mass is 32.2. The summed E-state index contributed by atoms with van der Waals surface area (Å²) in [6, 6.07) is 3.22. The number of benzene rings is 1. The minimum absolute atomic E-state index is 0.00253.